The van der Waals surface area contributed by atoms with Gasteiger partial charge in [0.2, 0.25) is 0 Å². The van der Waals surface area contributed by atoms with Crippen molar-refractivity contribution in [3.63, 3.8) is 0 Å². The van der Waals surface area contributed by atoms with Crippen LogP contribution in [0.25, 0.3) is 0 Å². The molecule has 7 heteroatoms. The maximum atomic E-state index is 12.7. The molecule has 1 amide bonds. The third-order valence-electron chi connectivity index (χ3n) is 5.91. The highest BCUT2D eigenvalue weighted by Crippen LogP contribution is 2.38. The molecule has 3 fully saturated rings. The van der Waals surface area contributed by atoms with E-state index in [1.165, 1.54) is 0 Å². The molecule has 4 rings (SSSR count). The summed E-state index contributed by atoms with van der Waals surface area (Å²) in [6, 6.07) is 6.17. The average Bonchev–Trinajstić information content (AvgIpc) is 2.60. The summed E-state index contributed by atoms with van der Waals surface area (Å²) >= 11 is 6.50. The highest BCUT2D eigenvalue weighted by atomic mass is 35.5. The second-order valence-electron chi connectivity index (χ2n) is 9.58. The smallest absolute Gasteiger partial charge is 0.410 e. The molecule has 1 aromatic carbocycles. The molecule has 0 aliphatic carbocycles. The molecule has 3 saturated heterocycles. The van der Waals surface area contributed by atoms with E-state index in [2.05, 4.69) is 0 Å². The molecule has 3 heterocycles. The predicted molar refractivity (Wildman–Crippen MR) is 114 cm³/mol. The van der Waals surface area contributed by atoms with E-state index in [0.29, 0.717) is 17.2 Å². The van der Waals surface area contributed by atoms with Crippen molar-refractivity contribution in [3.05, 3.63) is 28.8 Å². The SMILES string of the molecule is CC1OC(Cc2ccc(O[C@H]3C[C@H]4CCC[C@@H](C3)N4C(=O)OC(C)(C)C)c(Cl)c2)O1. The number of rotatable bonds is 4. The van der Waals surface area contributed by atoms with Crippen LogP contribution in [0.1, 0.15) is 65.4 Å². The highest BCUT2D eigenvalue weighted by Gasteiger charge is 2.43. The molecule has 0 N–H and O–H groups in total. The number of ether oxygens (including phenoxy) is 4. The van der Waals surface area contributed by atoms with Gasteiger partial charge in [0.15, 0.2) is 12.6 Å². The first-order valence-electron chi connectivity index (χ1n) is 11.0. The lowest BCUT2D eigenvalue weighted by Gasteiger charge is -2.48. The quantitative estimate of drug-likeness (QED) is 0.639. The number of carbonyl (C=O) groups is 1. The van der Waals surface area contributed by atoms with Crippen LogP contribution in [-0.2, 0) is 20.6 Å². The minimum absolute atomic E-state index is 0.0430. The summed E-state index contributed by atoms with van der Waals surface area (Å²) in [5.74, 6) is 0.693. The number of halogens is 1. The number of piperidine rings is 2. The van der Waals surface area contributed by atoms with E-state index < -0.39 is 5.60 Å². The van der Waals surface area contributed by atoms with Crippen LogP contribution in [0, 0.1) is 0 Å². The van der Waals surface area contributed by atoms with Crippen molar-refractivity contribution in [1.29, 1.82) is 0 Å². The molecule has 0 radical (unpaired) electrons. The highest BCUT2D eigenvalue weighted by molar-refractivity contribution is 6.32. The lowest BCUT2D eigenvalue weighted by Crippen LogP contribution is -2.57. The Balaban J connectivity index is 1.37. The molecule has 3 atom stereocenters. The summed E-state index contributed by atoms with van der Waals surface area (Å²) < 4.78 is 22.9. The molecule has 0 spiro atoms. The van der Waals surface area contributed by atoms with Crippen LogP contribution in [0.5, 0.6) is 5.75 Å². The van der Waals surface area contributed by atoms with Gasteiger partial charge >= 0.3 is 6.09 Å². The first-order chi connectivity index (χ1) is 14.2. The van der Waals surface area contributed by atoms with Gasteiger partial charge in [-0.2, -0.15) is 0 Å². The molecule has 6 nitrogen and oxygen atoms in total. The fourth-order valence-corrected chi connectivity index (χ4v) is 4.96. The van der Waals surface area contributed by atoms with E-state index in [4.69, 9.17) is 30.5 Å². The lowest BCUT2D eigenvalue weighted by molar-refractivity contribution is -0.374. The summed E-state index contributed by atoms with van der Waals surface area (Å²) in [5, 5.41) is 0.597. The molecule has 3 aliphatic heterocycles. The van der Waals surface area contributed by atoms with Crippen LogP contribution >= 0.6 is 11.6 Å². The normalized spacial score (nSPS) is 31.1. The summed E-state index contributed by atoms with van der Waals surface area (Å²) in [5.41, 5.74) is 0.572. The van der Waals surface area contributed by atoms with E-state index in [9.17, 15) is 4.79 Å². The Morgan fingerprint density at radius 1 is 1.20 bits per heavy atom. The Morgan fingerprint density at radius 3 is 2.43 bits per heavy atom. The second-order valence-corrected chi connectivity index (χ2v) is 9.98. The number of fused-ring (bicyclic) bond motifs is 2. The summed E-state index contributed by atoms with van der Waals surface area (Å²) in [7, 11) is 0. The molecule has 3 aliphatic rings. The topological polar surface area (TPSA) is 57.2 Å². The van der Waals surface area contributed by atoms with Gasteiger partial charge in [-0.1, -0.05) is 17.7 Å². The van der Waals surface area contributed by atoms with Crippen molar-refractivity contribution in [2.24, 2.45) is 0 Å². The Bertz CT molecular complexity index is 759. The molecular weight excluding hydrogens is 406 g/mol. The van der Waals surface area contributed by atoms with Crippen LogP contribution in [0.4, 0.5) is 4.79 Å². The largest absolute Gasteiger partial charge is 0.489 e. The van der Waals surface area contributed by atoms with Gasteiger partial charge in [0, 0.05) is 31.3 Å². The van der Waals surface area contributed by atoms with E-state index >= 15 is 0 Å². The number of amides is 1. The number of carbonyl (C=O) groups excluding carboxylic acids is 1. The van der Waals surface area contributed by atoms with Crippen LogP contribution in [0.3, 0.4) is 0 Å². The fraction of sp³-hybridized carbons (Fsp3) is 0.696. The number of nitrogens with zero attached hydrogens (tertiary/aromatic N) is 1. The predicted octanol–water partition coefficient (Wildman–Crippen LogP) is 5.30. The monoisotopic (exact) mass is 437 g/mol. The van der Waals surface area contributed by atoms with Gasteiger partial charge in [0.05, 0.1) is 5.02 Å². The Labute approximate surface area is 183 Å². The molecule has 30 heavy (non-hydrogen) atoms. The van der Waals surface area contributed by atoms with E-state index in [0.717, 1.165) is 37.7 Å². The Kier molecular flexibility index (Phi) is 6.20. The van der Waals surface area contributed by atoms with E-state index in [1.807, 2.05) is 50.8 Å². The zero-order valence-corrected chi connectivity index (χ0v) is 19.0. The minimum Gasteiger partial charge on any atom is -0.489 e. The molecule has 166 valence electrons. The maximum Gasteiger partial charge on any atom is 0.410 e. The van der Waals surface area contributed by atoms with Gasteiger partial charge < -0.3 is 23.8 Å². The molecule has 0 unspecified atom stereocenters. The summed E-state index contributed by atoms with van der Waals surface area (Å²) in [6.45, 7) is 7.61. The molecule has 1 aromatic rings. The van der Waals surface area contributed by atoms with Crippen molar-refractivity contribution in [3.8, 4) is 5.75 Å². The van der Waals surface area contributed by atoms with Gasteiger partial charge in [-0.3, -0.25) is 0 Å². The molecule has 0 aromatic heterocycles. The van der Waals surface area contributed by atoms with Crippen LogP contribution in [0.15, 0.2) is 18.2 Å². The zero-order chi connectivity index (χ0) is 21.5. The van der Waals surface area contributed by atoms with Crippen molar-refractivity contribution in [2.75, 3.05) is 0 Å². The first-order valence-corrected chi connectivity index (χ1v) is 11.3. The van der Waals surface area contributed by atoms with Crippen LogP contribution in [-0.4, -0.2) is 47.4 Å². The number of benzene rings is 1. The van der Waals surface area contributed by atoms with E-state index in [1.54, 1.807) is 0 Å². The second kappa shape index (κ2) is 8.56. The van der Waals surface area contributed by atoms with Crippen molar-refractivity contribution in [2.45, 2.75) is 103 Å². The van der Waals surface area contributed by atoms with Crippen LogP contribution < -0.4 is 4.74 Å². The van der Waals surface area contributed by atoms with Gasteiger partial charge in [-0.05, 0) is 64.7 Å². The minimum atomic E-state index is -0.485. The zero-order valence-electron chi connectivity index (χ0n) is 18.2. The van der Waals surface area contributed by atoms with Crippen molar-refractivity contribution < 1.29 is 23.7 Å². The van der Waals surface area contributed by atoms with E-state index in [-0.39, 0.29) is 36.9 Å². The summed E-state index contributed by atoms with van der Waals surface area (Å²) in [6.07, 6.45) is 4.91. The third kappa shape index (κ3) is 5.04. The van der Waals surface area contributed by atoms with Crippen molar-refractivity contribution in [1.82, 2.24) is 4.90 Å². The number of hydrogen-bond donors (Lipinski definition) is 0. The molecular formula is C23H32ClNO5. The van der Waals surface area contributed by atoms with Gasteiger partial charge in [-0.15, -0.1) is 0 Å². The van der Waals surface area contributed by atoms with Gasteiger partial charge in [-0.25, -0.2) is 4.79 Å². The summed E-state index contributed by atoms with van der Waals surface area (Å²) in [4.78, 5) is 14.7. The fourth-order valence-electron chi connectivity index (χ4n) is 4.71. The number of hydrogen-bond acceptors (Lipinski definition) is 5. The third-order valence-corrected chi connectivity index (χ3v) is 6.21. The lowest BCUT2D eigenvalue weighted by atomic mass is 9.83. The Hall–Kier alpha value is -1.50. The maximum absolute atomic E-state index is 12.7. The van der Waals surface area contributed by atoms with Gasteiger partial charge in [0.25, 0.3) is 0 Å². The standard InChI is InChI=1S/C23H32ClNO5/c1-14-27-21(28-14)11-15-8-9-20(19(24)10-15)29-18-12-16-6-5-7-17(13-18)25(16)22(26)30-23(2,3)4/h8-10,14,16-18,21H,5-7,11-13H2,1-4H3/t14?,16-,17+,18+,21?. The molecule has 0 saturated carbocycles. The van der Waals surface area contributed by atoms with Crippen molar-refractivity contribution >= 4 is 17.7 Å². The average molecular weight is 438 g/mol. The van der Waals surface area contributed by atoms with Gasteiger partial charge in [0.1, 0.15) is 17.5 Å². The Morgan fingerprint density at radius 2 is 1.87 bits per heavy atom. The van der Waals surface area contributed by atoms with Crippen LogP contribution in [0.2, 0.25) is 5.02 Å². The molecule has 2 bridgehead atoms. The first kappa shape index (κ1) is 21.7.